The summed E-state index contributed by atoms with van der Waals surface area (Å²) in [6, 6.07) is 6.36. The number of fused-ring (bicyclic) bond motifs is 1. The molecule has 2 aromatic carbocycles. The molecular formula is C26H31N2O9P. The molecule has 1 heterocycles. The van der Waals surface area contributed by atoms with Gasteiger partial charge < -0.3 is 23.8 Å². The van der Waals surface area contributed by atoms with Gasteiger partial charge in [0.2, 0.25) is 11.5 Å². The van der Waals surface area contributed by atoms with Crippen molar-refractivity contribution in [2.75, 3.05) is 28.4 Å². The third-order valence-corrected chi connectivity index (χ3v) is 6.44. The lowest BCUT2D eigenvalue weighted by Gasteiger charge is -2.22. The van der Waals surface area contributed by atoms with E-state index in [9.17, 15) is 14.3 Å². The summed E-state index contributed by atoms with van der Waals surface area (Å²) in [6.45, 7) is 6.01. The van der Waals surface area contributed by atoms with Crippen molar-refractivity contribution in [2.24, 2.45) is 0 Å². The maximum atomic E-state index is 13.8. The van der Waals surface area contributed by atoms with E-state index in [0.29, 0.717) is 39.5 Å². The Kier molecular flexibility index (Phi) is 8.75. The van der Waals surface area contributed by atoms with Crippen molar-refractivity contribution in [3.63, 3.8) is 0 Å². The van der Waals surface area contributed by atoms with E-state index in [1.54, 1.807) is 39.8 Å². The fourth-order valence-electron chi connectivity index (χ4n) is 3.78. The molecular weight excluding hydrogens is 515 g/mol. The molecule has 0 amide bonds. The van der Waals surface area contributed by atoms with E-state index in [0.717, 1.165) is 0 Å². The van der Waals surface area contributed by atoms with Crippen LogP contribution in [0.3, 0.4) is 0 Å². The number of phosphoric ester groups is 1. The first kappa shape index (κ1) is 29.0. The number of ketones is 1. The smallest absolute Gasteiger partial charge is 0.474 e. The summed E-state index contributed by atoms with van der Waals surface area (Å²) in [5, 5.41) is 4.88. The summed E-state index contributed by atoms with van der Waals surface area (Å²) in [5.41, 5.74) is 0.132. The van der Waals surface area contributed by atoms with Crippen LogP contribution in [0, 0.1) is 11.8 Å². The Morgan fingerprint density at radius 3 is 2.13 bits per heavy atom. The van der Waals surface area contributed by atoms with E-state index in [1.807, 2.05) is 0 Å². The lowest BCUT2D eigenvalue weighted by atomic mass is 10.0. The molecule has 0 aliphatic rings. The van der Waals surface area contributed by atoms with Gasteiger partial charge in [0.25, 0.3) is 0 Å². The summed E-state index contributed by atoms with van der Waals surface area (Å²) in [6.07, 6.45) is 0. The second-order valence-electron chi connectivity index (χ2n) is 8.94. The summed E-state index contributed by atoms with van der Waals surface area (Å²) < 4.78 is 45.8. The zero-order valence-corrected chi connectivity index (χ0v) is 23.5. The van der Waals surface area contributed by atoms with E-state index in [4.69, 9.17) is 28.0 Å². The zero-order valence-electron chi connectivity index (χ0n) is 22.6. The largest absolute Gasteiger partial charge is 0.495 e. The van der Waals surface area contributed by atoms with Gasteiger partial charge in [-0.15, -0.1) is 5.92 Å². The van der Waals surface area contributed by atoms with Gasteiger partial charge in [-0.05, 0) is 52.0 Å². The van der Waals surface area contributed by atoms with E-state index in [2.05, 4.69) is 16.9 Å². The Labute approximate surface area is 221 Å². The van der Waals surface area contributed by atoms with Crippen LogP contribution in [-0.2, 0) is 20.3 Å². The molecule has 1 atom stereocenters. The van der Waals surface area contributed by atoms with Crippen LogP contribution in [0.4, 0.5) is 0 Å². The third kappa shape index (κ3) is 6.11. The number of hydrogen-bond acceptors (Lipinski definition) is 9. The number of carbonyl (C=O) groups is 1. The number of aromatic nitrogens is 2. The van der Waals surface area contributed by atoms with Crippen molar-refractivity contribution in [3.05, 3.63) is 41.1 Å². The average Bonchev–Trinajstić information content (AvgIpc) is 3.24. The molecule has 0 radical (unpaired) electrons. The maximum absolute atomic E-state index is 13.8. The van der Waals surface area contributed by atoms with Crippen LogP contribution in [-0.4, -0.2) is 54.5 Å². The van der Waals surface area contributed by atoms with Gasteiger partial charge in [0.15, 0.2) is 18.2 Å². The molecule has 3 rings (SSSR count). The minimum atomic E-state index is -4.47. The van der Waals surface area contributed by atoms with Crippen LogP contribution in [0.5, 0.6) is 23.0 Å². The zero-order chi connectivity index (χ0) is 28.3. The first-order chi connectivity index (χ1) is 17.9. The van der Waals surface area contributed by atoms with Crippen LogP contribution in [0.2, 0.25) is 0 Å². The van der Waals surface area contributed by atoms with E-state index >= 15 is 0 Å². The number of methoxy groups -OCH3 is 4. The number of nitrogens with zero attached hydrogens (tertiary/aromatic N) is 2. The average molecular weight is 547 g/mol. The quantitative estimate of drug-likeness (QED) is 0.220. The van der Waals surface area contributed by atoms with Gasteiger partial charge in [0, 0.05) is 10.9 Å². The van der Waals surface area contributed by atoms with E-state index in [1.165, 1.54) is 45.3 Å². The molecule has 0 fully saturated rings. The van der Waals surface area contributed by atoms with Gasteiger partial charge in [0.1, 0.15) is 11.4 Å². The Hall–Kier alpha value is -3.55. The molecule has 1 aromatic heterocycles. The van der Waals surface area contributed by atoms with Crippen LogP contribution >= 0.6 is 7.82 Å². The number of phosphoric acid groups is 1. The van der Waals surface area contributed by atoms with Gasteiger partial charge >= 0.3 is 7.82 Å². The van der Waals surface area contributed by atoms with Crippen LogP contribution < -0.4 is 18.9 Å². The van der Waals surface area contributed by atoms with Gasteiger partial charge in [-0.1, -0.05) is 5.92 Å². The minimum Gasteiger partial charge on any atom is -0.495 e. The highest BCUT2D eigenvalue weighted by molar-refractivity contribution is 7.47. The lowest BCUT2D eigenvalue weighted by molar-refractivity contribution is 0.0471. The van der Waals surface area contributed by atoms with Crippen molar-refractivity contribution >= 4 is 24.5 Å². The molecule has 0 bridgehead atoms. The standard InChI is InChI=1S/C26H31N2O9P/c1-9-10-17-19(32-5)12-11-18-22(24(29)16-13-20(33-6)25(35-8)21(14-16)34-7)27-28(23(17)18)15-36-38(30,31)37-26(2,3)4/h11-14H,15H2,1-8H3,(H,30,31). The molecule has 204 valence electrons. The first-order valence-corrected chi connectivity index (χ1v) is 12.9. The second-order valence-corrected chi connectivity index (χ2v) is 10.3. The summed E-state index contributed by atoms with van der Waals surface area (Å²) in [7, 11) is 1.37. The number of hydrogen-bond donors (Lipinski definition) is 1. The second kappa shape index (κ2) is 11.5. The third-order valence-electron chi connectivity index (χ3n) is 5.22. The number of carbonyl (C=O) groups excluding carboxylic acids is 1. The molecule has 0 spiro atoms. The molecule has 1 unspecified atom stereocenters. The van der Waals surface area contributed by atoms with Crippen LogP contribution in [0.25, 0.3) is 10.9 Å². The highest BCUT2D eigenvalue weighted by atomic mass is 31.2. The van der Waals surface area contributed by atoms with Crippen molar-refractivity contribution in [2.45, 2.75) is 40.0 Å². The summed E-state index contributed by atoms with van der Waals surface area (Å²) >= 11 is 0. The molecule has 0 saturated heterocycles. The van der Waals surface area contributed by atoms with Crippen LogP contribution in [0.1, 0.15) is 49.3 Å². The van der Waals surface area contributed by atoms with Crippen molar-refractivity contribution < 1.29 is 42.2 Å². The van der Waals surface area contributed by atoms with Crippen molar-refractivity contribution in [1.82, 2.24) is 9.78 Å². The minimum absolute atomic E-state index is 0.0455. The molecule has 0 saturated carbocycles. The molecule has 0 aliphatic heterocycles. The highest BCUT2D eigenvalue weighted by Gasteiger charge is 2.30. The van der Waals surface area contributed by atoms with Crippen molar-refractivity contribution in [1.29, 1.82) is 0 Å². The Bertz CT molecular complexity index is 1440. The van der Waals surface area contributed by atoms with Gasteiger partial charge in [-0.3, -0.25) is 13.8 Å². The van der Waals surface area contributed by atoms with Crippen molar-refractivity contribution in [3.8, 4) is 34.8 Å². The molecule has 38 heavy (non-hydrogen) atoms. The fraction of sp³-hybridized carbons (Fsp3) is 0.385. The monoisotopic (exact) mass is 546 g/mol. The molecule has 11 nitrogen and oxygen atoms in total. The lowest BCUT2D eigenvalue weighted by Crippen LogP contribution is -2.18. The molecule has 3 aromatic rings. The maximum Gasteiger partial charge on any atom is 0.474 e. The SMILES string of the molecule is CC#Cc1c(OC)ccc2c(C(=O)c3cc(OC)c(OC)c(OC)c3)nn(COP(=O)(O)OC(C)(C)C)c12. The highest BCUT2D eigenvalue weighted by Crippen LogP contribution is 2.47. The molecule has 12 heteroatoms. The summed E-state index contributed by atoms with van der Waals surface area (Å²) in [5.74, 6) is 6.67. The van der Waals surface area contributed by atoms with Gasteiger partial charge in [0.05, 0.1) is 45.1 Å². The Morgan fingerprint density at radius 1 is 1.03 bits per heavy atom. The number of ether oxygens (including phenoxy) is 4. The van der Waals surface area contributed by atoms with Gasteiger partial charge in [-0.2, -0.15) is 5.10 Å². The molecule has 1 N–H and O–H groups in total. The van der Waals surface area contributed by atoms with E-state index < -0.39 is 25.9 Å². The van der Waals surface area contributed by atoms with E-state index in [-0.39, 0.29) is 11.3 Å². The predicted molar refractivity (Wildman–Crippen MR) is 140 cm³/mol. The molecule has 0 aliphatic carbocycles. The topological polar surface area (TPSA) is 128 Å². The first-order valence-electron chi connectivity index (χ1n) is 11.4. The Balaban J connectivity index is 2.21. The Morgan fingerprint density at radius 2 is 1.63 bits per heavy atom. The number of benzene rings is 2. The fourth-order valence-corrected chi connectivity index (χ4v) is 4.78. The normalized spacial score (nSPS) is 12.9. The van der Waals surface area contributed by atoms with Gasteiger partial charge in [-0.25, -0.2) is 9.25 Å². The summed E-state index contributed by atoms with van der Waals surface area (Å²) in [4.78, 5) is 24.0. The number of rotatable bonds is 10. The van der Waals surface area contributed by atoms with Crippen LogP contribution in [0.15, 0.2) is 24.3 Å². The predicted octanol–water partition coefficient (Wildman–Crippen LogP) is 4.56.